The largest absolute Gasteiger partial charge is 0.461 e. The first-order valence-corrected chi connectivity index (χ1v) is 10.3. The van der Waals surface area contributed by atoms with Crippen LogP contribution in [0.5, 0.6) is 0 Å². The van der Waals surface area contributed by atoms with Gasteiger partial charge in [0.05, 0.1) is 12.3 Å². The Morgan fingerprint density at radius 2 is 2.22 bits per heavy atom. The summed E-state index contributed by atoms with van der Waals surface area (Å²) in [6.45, 7) is 7.11. The molecule has 6 nitrogen and oxygen atoms in total. The quantitative estimate of drug-likeness (QED) is 0.667. The number of aromatic amines is 1. The number of benzene rings is 1. The first-order chi connectivity index (χ1) is 13.0. The molecule has 3 rings (SSSR count). The Bertz CT molecular complexity index is 833. The van der Waals surface area contributed by atoms with Crippen LogP contribution in [0.2, 0.25) is 0 Å². The molecule has 1 saturated heterocycles. The maximum atomic E-state index is 12.6. The zero-order chi connectivity index (χ0) is 19.4. The van der Waals surface area contributed by atoms with Crippen molar-refractivity contribution in [1.29, 1.82) is 0 Å². The van der Waals surface area contributed by atoms with Crippen molar-refractivity contribution in [2.75, 3.05) is 31.6 Å². The van der Waals surface area contributed by atoms with E-state index in [9.17, 15) is 9.59 Å². The van der Waals surface area contributed by atoms with Crippen molar-refractivity contribution in [3.63, 3.8) is 0 Å². The molecule has 0 unspecified atom stereocenters. The number of nitrogens with one attached hydrogen (secondary N) is 2. The van der Waals surface area contributed by atoms with Gasteiger partial charge in [0.15, 0.2) is 0 Å². The molecule has 1 amide bonds. The first kappa shape index (κ1) is 19.9. The van der Waals surface area contributed by atoms with Crippen molar-refractivity contribution >= 4 is 44.4 Å². The van der Waals surface area contributed by atoms with Crippen LogP contribution in [0.1, 0.15) is 43.6 Å². The van der Waals surface area contributed by atoms with Crippen LogP contribution in [0.15, 0.2) is 22.7 Å². The van der Waals surface area contributed by atoms with Gasteiger partial charge in [-0.3, -0.25) is 4.79 Å². The van der Waals surface area contributed by atoms with Crippen molar-refractivity contribution in [2.45, 2.75) is 33.1 Å². The van der Waals surface area contributed by atoms with Gasteiger partial charge in [-0.2, -0.15) is 0 Å². The third-order valence-corrected chi connectivity index (χ3v) is 5.39. The van der Waals surface area contributed by atoms with E-state index in [2.05, 4.69) is 38.1 Å². The summed E-state index contributed by atoms with van der Waals surface area (Å²) >= 11 is 3.45. The summed E-state index contributed by atoms with van der Waals surface area (Å²) in [5.74, 6) is 0.118. The van der Waals surface area contributed by atoms with Crippen LogP contribution < -0.4 is 5.32 Å². The number of aromatic nitrogens is 1. The fraction of sp³-hybridized carbons (Fsp3) is 0.500. The lowest BCUT2D eigenvalue weighted by Gasteiger charge is -2.30. The molecule has 0 radical (unpaired) electrons. The normalized spacial score (nSPS) is 17.8. The number of fused-ring (bicyclic) bond motifs is 1. The molecule has 7 heteroatoms. The molecule has 1 aliphatic heterocycles. The maximum absolute atomic E-state index is 12.6. The lowest BCUT2D eigenvalue weighted by Crippen LogP contribution is -2.36. The number of anilines is 1. The number of H-pyrrole nitrogens is 1. The van der Waals surface area contributed by atoms with Gasteiger partial charge in [-0.05, 0) is 50.4 Å². The van der Waals surface area contributed by atoms with Crippen LogP contribution in [0.3, 0.4) is 0 Å². The average molecular weight is 436 g/mol. The van der Waals surface area contributed by atoms with E-state index in [0.29, 0.717) is 18.0 Å². The summed E-state index contributed by atoms with van der Waals surface area (Å²) in [4.78, 5) is 30.3. The van der Waals surface area contributed by atoms with Crippen molar-refractivity contribution in [3.05, 3.63) is 28.4 Å². The second-order valence-electron chi connectivity index (χ2n) is 7.13. The Morgan fingerprint density at radius 3 is 2.96 bits per heavy atom. The number of carbonyl (C=O) groups excluding carboxylic acids is 2. The van der Waals surface area contributed by atoms with Gasteiger partial charge in [-0.15, -0.1) is 0 Å². The van der Waals surface area contributed by atoms with E-state index in [0.717, 1.165) is 35.0 Å². The molecule has 2 aromatic rings. The molecule has 146 valence electrons. The average Bonchev–Trinajstić information content (AvgIpc) is 2.98. The lowest BCUT2D eigenvalue weighted by molar-refractivity contribution is -0.116. The van der Waals surface area contributed by atoms with Gasteiger partial charge < -0.3 is 19.9 Å². The topological polar surface area (TPSA) is 74.4 Å². The minimum atomic E-state index is -0.468. The molecule has 0 aliphatic carbocycles. The van der Waals surface area contributed by atoms with Gasteiger partial charge in [-0.1, -0.05) is 22.9 Å². The Morgan fingerprint density at radius 1 is 1.41 bits per heavy atom. The van der Waals surface area contributed by atoms with Crippen LogP contribution in [-0.4, -0.2) is 48.0 Å². The monoisotopic (exact) mass is 435 g/mol. The molecule has 1 atom stereocenters. The number of amides is 1. The number of halogens is 1. The molecule has 2 N–H and O–H groups in total. The molecule has 0 spiro atoms. The minimum absolute atomic E-state index is 0.0975. The van der Waals surface area contributed by atoms with Crippen LogP contribution >= 0.6 is 15.9 Å². The number of carbonyl (C=O) groups is 2. The molecular weight excluding hydrogens is 410 g/mol. The standard InChI is InChI=1S/C20H26BrN3O3/c1-3-27-20(26)19-18(15-11-14(21)6-7-16(15)22-19)23-17(25)8-10-24-9-4-5-13(2)12-24/h6-7,11,13,22H,3-5,8-10,12H2,1-2H3,(H,23,25)/t13-/m0/s1. The number of hydrogen-bond acceptors (Lipinski definition) is 4. The number of hydrogen-bond donors (Lipinski definition) is 2. The number of nitrogens with zero attached hydrogens (tertiary/aromatic N) is 1. The molecule has 1 fully saturated rings. The van der Waals surface area contributed by atoms with E-state index in [1.165, 1.54) is 12.8 Å². The number of likely N-dealkylation sites (tertiary alicyclic amines) is 1. The molecule has 1 aliphatic rings. The molecule has 1 aromatic heterocycles. The summed E-state index contributed by atoms with van der Waals surface area (Å²) in [6, 6.07) is 5.64. The number of rotatable bonds is 6. The van der Waals surface area contributed by atoms with Crippen molar-refractivity contribution in [1.82, 2.24) is 9.88 Å². The van der Waals surface area contributed by atoms with Crippen LogP contribution in [0, 0.1) is 5.92 Å². The number of ether oxygens (including phenoxy) is 1. The van der Waals surface area contributed by atoms with E-state index in [1.54, 1.807) is 6.92 Å². The van der Waals surface area contributed by atoms with Gasteiger partial charge in [-0.25, -0.2) is 4.79 Å². The van der Waals surface area contributed by atoms with Gasteiger partial charge in [0.1, 0.15) is 5.69 Å². The Balaban J connectivity index is 1.75. The summed E-state index contributed by atoms with van der Waals surface area (Å²) < 4.78 is 6.01. The van der Waals surface area contributed by atoms with E-state index in [-0.39, 0.29) is 18.2 Å². The van der Waals surface area contributed by atoms with Gasteiger partial charge >= 0.3 is 5.97 Å². The molecule has 1 aromatic carbocycles. The van der Waals surface area contributed by atoms with Crippen LogP contribution in [0.4, 0.5) is 5.69 Å². The van der Waals surface area contributed by atoms with Crippen molar-refractivity contribution < 1.29 is 14.3 Å². The summed E-state index contributed by atoms with van der Waals surface area (Å²) in [7, 11) is 0. The Labute approximate surface area is 167 Å². The fourth-order valence-electron chi connectivity index (χ4n) is 3.60. The second-order valence-corrected chi connectivity index (χ2v) is 8.05. The van der Waals surface area contributed by atoms with Gasteiger partial charge in [0, 0.05) is 34.9 Å². The molecule has 0 bridgehead atoms. The highest BCUT2D eigenvalue weighted by atomic mass is 79.9. The zero-order valence-electron chi connectivity index (χ0n) is 15.8. The van der Waals surface area contributed by atoms with Crippen LogP contribution in [-0.2, 0) is 9.53 Å². The van der Waals surface area contributed by atoms with Crippen molar-refractivity contribution in [3.8, 4) is 0 Å². The highest BCUT2D eigenvalue weighted by molar-refractivity contribution is 9.10. The van der Waals surface area contributed by atoms with Crippen molar-refractivity contribution in [2.24, 2.45) is 5.92 Å². The van der Waals surface area contributed by atoms with E-state index in [1.807, 2.05) is 18.2 Å². The highest BCUT2D eigenvalue weighted by Crippen LogP contribution is 2.31. The maximum Gasteiger partial charge on any atom is 0.356 e. The van der Waals surface area contributed by atoms with Gasteiger partial charge in [0.2, 0.25) is 5.91 Å². The first-order valence-electron chi connectivity index (χ1n) is 9.48. The zero-order valence-corrected chi connectivity index (χ0v) is 17.4. The molecular formula is C20H26BrN3O3. The van der Waals surface area contributed by atoms with E-state index < -0.39 is 5.97 Å². The predicted octanol–water partition coefficient (Wildman–Crippen LogP) is 4.17. The summed E-state index contributed by atoms with van der Waals surface area (Å²) in [5.41, 5.74) is 1.55. The number of esters is 1. The highest BCUT2D eigenvalue weighted by Gasteiger charge is 2.22. The number of piperidine rings is 1. The lowest BCUT2D eigenvalue weighted by atomic mass is 10.0. The summed E-state index contributed by atoms with van der Waals surface area (Å²) in [6.07, 6.45) is 2.84. The van der Waals surface area contributed by atoms with Crippen LogP contribution in [0.25, 0.3) is 10.9 Å². The van der Waals surface area contributed by atoms with E-state index >= 15 is 0 Å². The van der Waals surface area contributed by atoms with Gasteiger partial charge in [0.25, 0.3) is 0 Å². The predicted molar refractivity (Wildman–Crippen MR) is 110 cm³/mol. The minimum Gasteiger partial charge on any atom is -0.461 e. The third kappa shape index (κ3) is 4.90. The third-order valence-electron chi connectivity index (χ3n) is 4.90. The smallest absolute Gasteiger partial charge is 0.356 e. The summed E-state index contributed by atoms with van der Waals surface area (Å²) in [5, 5.41) is 3.72. The second kappa shape index (κ2) is 8.89. The fourth-order valence-corrected chi connectivity index (χ4v) is 3.96. The SMILES string of the molecule is CCOC(=O)c1[nH]c2ccc(Br)cc2c1NC(=O)CCN1CCC[C@H](C)C1. The molecule has 27 heavy (non-hydrogen) atoms. The Hall–Kier alpha value is -1.86. The van der Waals surface area contributed by atoms with E-state index in [4.69, 9.17) is 4.74 Å². The Kier molecular flexibility index (Phi) is 6.55. The molecule has 0 saturated carbocycles. The molecule has 2 heterocycles.